The second-order valence-corrected chi connectivity index (χ2v) is 7.83. The first-order valence-electron chi connectivity index (χ1n) is 8.02. The molecule has 0 aromatic carbocycles. The first kappa shape index (κ1) is 24.9. The quantitative estimate of drug-likeness (QED) is 0.320. The number of nitrogens with one attached hydrogen (secondary N) is 1. The molecule has 0 aliphatic carbocycles. The average molecular weight is 595 g/mol. The molecule has 0 spiro atoms. The second kappa shape index (κ2) is 11.6. The van der Waals surface area contributed by atoms with Gasteiger partial charge >= 0.3 is 38.9 Å². The Morgan fingerprint density at radius 2 is 2.00 bits per heavy atom. The van der Waals surface area contributed by atoms with Gasteiger partial charge in [-0.05, 0) is 5.92 Å². The Labute approximate surface area is 174 Å². The number of hydrogen-bond donors (Lipinski definition) is 2. The maximum atomic E-state index is 11.7. The van der Waals surface area contributed by atoms with Crippen LogP contribution in [0.25, 0.3) is 0 Å². The number of nitrogens with zero attached hydrogens (tertiary/aromatic N) is 2. The van der Waals surface area contributed by atoms with Crippen molar-refractivity contribution in [1.82, 2.24) is 9.55 Å². The Balaban J connectivity index is 0.00000576. The molecule has 0 amide bonds. The van der Waals surface area contributed by atoms with Gasteiger partial charge in [-0.3, -0.25) is 15.9 Å². The fourth-order valence-corrected chi connectivity index (χ4v) is 2.55. The van der Waals surface area contributed by atoms with Gasteiger partial charge in [-0.2, -0.15) is 6.42 Å². The van der Waals surface area contributed by atoms with Crippen LogP contribution in [0.5, 0.6) is 0 Å². The summed E-state index contributed by atoms with van der Waals surface area (Å²) in [6.45, 7) is 9.86. The van der Waals surface area contributed by atoms with Crippen molar-refractivity contribution < 1.29 is 49.6 Å². The third-order valence-corrected chi connectivity index (χ3v) is 4.38. The van der Waals surface area contributed by atoms with E-state index in [-0.39, 0.29) is 42.6 Å². The monoisotopic (exact) mass is 595 g/mol. The maximum Gasteiger partial charge on any atom is 2.00 e. The van der Waals surface area contributed by atoms with Crippen molar-refractivity contribution in [1.29, 1.82) is 5.41 Å². The summed E-state index contributed by atoms with van der Waals surface area (Å²) in [5, 5.41) is 7.98. The largest absolute Gasteiger partial charge is 2.00 e. The molecule has 2 N–H and O–H groups in total. The van der Waals surface area contributed by atoms with Crippen LogP contribution < -0.4 is 5.62 Å². The van der Waals surface area contributed by atoms with Crippen LogP contribution in [0.3, 0.4) is 0 Å². The van der Waals surface area contributed by atoms with Crippen LogP contribution >= 0.6 is 7.82 Å². The number of rotatable bonds is 10. The summed E-state index contributed by atoms with van der Waals surface area (Å²) in [4.78, 5) is 13.8. The van der Waals surface area contributed by atoms with Crippen molar-refractivity contribution in [2.45, 2.75) is 52.6 Å². The van der Waals surface area contributed by atoms with Crippen LogP contribution in [0.1, 0.15) is 52.1 Å². The molecule has 0 aliphatic rings. The first-order valence-corrected chi connectivity index (χ1v) is 9.51. The molecule has 0 saturated carbocycles. The Kier molecular flexibility index (Phi) is 11.5. The molecule has 1 heterocycles. The molecular formula is C16H28N3O4PU. The van der Waals surface area contributed by atoms with Gasteiger partial charge in [0.25, 0.3) is 0 Å². The summed E-state index contributed by atoms with van der Waals surface area (Å²) in [5.41, 5.74) is 0.964. The standard InChI is InChI=1S/C16H28N3O4P.U/c1-12(2)6-7-14(23-24(20,21)22-5)8-10-19-11-9-15(13(3)4)18-16(19)17;/h7,9-14,17H,6,8H2,1-5H3,(H,20,21);/q-2;+2. The zero-order valence-electron chi connectivity index (χ0n) is 15.5. The van der Waals surface area contributed by atoms with Gasteiger partial charge in [-0.1, -0.05) is 58.4 Å². The van der Waals surface area contributed by atoms with E-state index < -0.39 is 13.9 Å². The van der Waals surface area contributed by atoms with Crippen molar-refractivity contribution in [3.8, 4) is 0 Å². The first-order chi connectivity index (χ1) is 11.1. The molecule has 1 aromatic rings. The number of hydrogen-bond acceptors (Lipinski definition) is 5. The van der Waals surface area contributed by atoms with E-state index in [2.05, 4.69) is 23.4 Å². The van der Waals surface area contributed by atoms with Gasteiger partial charge < -0.3 is 19.4 Å². The Hall–Kier alpha value is -0.0881. The summed E-state index contributed by atoms with van der Waals surface area (Å²) in [5.74, 6) is 0.657. The number of phosphoric ester groups is 1. The predicted molar refractivity (Wildman–Crippen MR) is 91.9 cm³/mol. The van der Waals surface area contributed by atoms with Crippen molar-refractivity contribution in [3.05, 3.63) is 36.5 Å². The van der Waals surface area contributed by atoms with E-state index in [1.165, 1.54) is 0 Å². The van der Waals surface area contributed by atoms with Crippen LogP contribution in [0.2, 0.25) is 0 Å². The van der Waals surface area contributed by atoms with E-state index in [0.717, 1.165) is 19.2 Å². The molecule has 1 aromatic heterocycles. The van der Waals surface area contributed by atoms with Crippen LogP contribution in [-0.4, -0.2) is 27.7 Å². The minimum absolute atomic E-state index is 0. The fraction of sp³-hybridized carbons (Fsp3) is 0.625. The van der Waals surface area contributed by atoms with E-state index in [0.29, 0.717) is 12.3 Å². The van der Waals surface area contributed by atoms with Gasteiger partial charge in [0.15, 0.2) is 0 Å². The van der Waals surface area contributed by atoms with Crippen LogP contribution in [-0.2, 0) is 13.6 Å². The number of phosphoric acid groups is 1. The zero-order valence-corrected chi connectivity index (χ0v) is 20.5. The molecule has 7 nitrogen and oxygen atoms in total. The smallest absolute Gasteiger partial charge is 0.454 e. The zero-order chi connectivity index (χ0) is 18.3. The molecular weight excluding hydrogens is 567 g/mol. The number of aromatic nitrogens is 2. The van der Waals surface area contributed by atoms with Gasteiger partial charge in [0.1, 0.15) is 5.62 Å². The van der Waals surface area contributed by atoms with Gasteiger partial charge in [-0.15, -0.1) is 6.54 Å². The van der Waals surface area contributed by atoms with Crippen LogP contribution in [0.15, 0.2) is 12.3 Å². The van der Waals surface area contributed by atoms with Crippen LogP contribution in [0, 0.1) is 55.4 Å². The molecule has 9 heteroatoms. The van der Waals surface area contributed by atoms with Crippen molar-refractivity contribution in [2.24, 2.45) is 5.92 Å². The Morgan fingerprint density at radius 1 is 1.36 bits per heavy atom. The van der Waals surface area contributed by atoms with Gasteiger partial charge in [0.2, 0.25) is 0 Å². The van der Waals surface area contributed by atoms with E-state index in [9.17, 15) is 9.46 Å². The summed E-state index contributed by atoms with van der Waals surface area (Å²) in [7, 11) is -2.93. The molecule has 1 rings (SSSR count). The van der Waals surface area contributed by atoms with E-state index in [1.807, 2.05) is 26.3 Å². The molecule has 2 atom stereocenters. The van der Waals surface area contributed by atoms with Gasteiger partial charge in [0, 0.05) is 12.8 Å². The molecule has 140 valence electrons. The van der Waals surface area contributed by atoms with Crippen molar-refractivity contribution in [2.75, 3.05) is 7.11 Å². The predicted octanol–water partition coefficient (Wildman–Crippen LogP) is 3.27. The summed E-state index contributed by atoms with van der Waals surface area (Å²) in [6.07, 6.45) is 4.10. The third-order valence-electron chi connectivity index (χ3n) is 3.38. The summed E-state index contributed by atoms with van der Waals surface area (Å²) < 4.78 is 22.9. The molecule has 0 aliphatic heterocycles. The topological polar surface area (TPSA) is 97.4 Å². The Bertz CT molecular complexity index is 622. The maximum absolute atomic E-state index is 11.7. The van der Waals surface area contributed by atoms with E-state index in [1.54, 1.807) is 17.3 Å². The molecule has 25 heavy (non-hydrogen) atoms. The van der Waals surface area contributed by atoms with Gasteiger partial charge in [-0.25, -0.2) is 4.57 Å². The molecule has 2 unspecified atom stereocenters. The molecule has 0 saturated heterocycles. The minimum atomic E-state index is -4.07. The van der Waals surface area contributed by atoms with Crippen molar-refractivity contribution >= 4 is 7.82 Å². The second-order valence-electron chi connectivity index (χ2n) is 6.32. The summed E-state index contributed by atoms with van der Waals surface area (Å²) >= 11 is 0. The minimum Gasteiger partial charge on any atom is -0.454 e. The van der Waals surface area contributed by atoms with Crippen LogP contribution in [0.4, 0.5) is 0 Å². The van der Waals surface area contributed by atoms with E-state index >= 15 is 0 Å². The fourth-order valence-electron chi connectivity index (χ4n) is 1.95. The SMILES string of the molecule is COP(=O)(O)OC([CH-]CC(C)C)C[CH-]n1ccc(C(C)C)nc1=N.[U+2]. The summed E-state index contributed by atoms with van der Waals surface area (Å²) in [6, 6.07) is 1.86. The molecule has 0 radical (unpaired) electrons. The Morgan fingerprint density at radius 3 is 2.48 bits per heavy atom. The van der Waals surface area contributed by atoms with E-state index in [4.69, 9.17) is 9.93 Å². The average Bonchev–Trinajstić information content (AvgIpc) is 2.50. The molecule has 0 fully saturated rings. The van der Waals surface area contributed by atoms with Gasteiger partial charge in [0.05, 0.1) is 0 Å². The molecule has 0 bridgehead atoms. The third kappa shape index (κ3) is 9.42. The van der Waals surface area contributed by atoms with Crippen molar-refractivity contribution in [3.63, 3.8) is 0 Å². The normalized spacial score (nSPS) is 14.9.